The number of alkyl carbamates (subject to hydrolysis) is 1. The average Bonchev–Trinajstić information content (AvgIpc) is 2.67. The predicted octanol–water partition coefficient (Wildman–Crippen LogP) is 3.80. The van der Waals surface area contributed by atoms with Crippen molar-refractivity contribution in [2.75, 3.05) is 13.1 Å². The highest BCUT2D eigenvalue weighted by atomic mass is 16.6. The number of hydrogen-bond donors (Lipinski definition) is 2. The van der Waals surface area contributed by atoms with Gasteiger partial charge in [0, 0.05) is 13.1 Å². The molecule has 0 saturated carbocycles. The highest BCUT2D eigenvalue weighted by molar-refractivity contribution is 5.91. The van der Waals surface area contributed by atoms with Gasteiger partial charge in [0.15, 0.2) is 0 Å². The third-order valence-corrected chi connectivity index (χ3v) is 4.48. The summed E-state index contributed by atoms with van der Waals surface area (Å²) < 4.78 is 5.24. The quantitative estimate of drug-likeness (QED) is 0.565. The van der Waals surface area contributed by atoms with Crippen molar-refractivity contribution >= 4 is 17.9 Å². The molecule has 0 saturated heterocycles. The Labute approximate surface area is 180 Å². The van der Waals surface area contributed by atoms with Crippen LogP contribution in [0.5, 0.6) is 0 Å². The molecule has 30 heavy (non-hydrogen) atoms. The minimum atomic E-state index is -0.834. The zero-order valence-corrected chi connectivity index (χ0v) is 19.2. The van der Waals surface area contributed by atoms with E-state index in [0.29, 0.717) is 13.1 Å². The first-order valence-corrected chi connectivity index (χ1v) is 10.7. The van der Waals surface area contributed by atoms with Gasteiger partial charge in [-0.1, -0.05) is 50.1 Å². The molecule has 0 spiro atoms. The second-order valence-electron chi connectivity index (χ2n) is 8.30. The van der Waals surface area contributed by atoms with E-state index in [9.17, 15) is 14.4 Å². The smallest absolute Gasteiger partial charge is 0.408 e. The number of likely N-dealkylation sites (N-methyl/N-ethyl adjacent to an activating group) is 1. The fourth-order valence-electron chi connectivity index (χ4n) is 3.05. The highest BCUT2D eigenvalue weighted by Crippen LogP contribution is 2.22. The molecular weight excluding hydrogens is 382 g/mol. The van der Waals surface area contributed by atoms with E-state index in [4.69, 9.17) is 4.74 Å². The monoisotopic (exact) mass is 419 g/mol. The van der Waals surface area contributed by atoms with Gasteiger partial charge in [-0.05, 0) is 46.6 Å². The number of ether oxygens (including phenoxy) is 1. The maximum atomic E-state index is 13.1. The molecule has 1 rings (SSSR count). The summed E-state index contributed by atoms with van der Waals surface area (Å²) in [5, 5.41) is 5.52. The first-order valence-electron chi connectivity index (χ1n) is 10.7. The van der Waals surface area contributed by atoms with Crippen molar-refractivity contribution in [3.63, 3.8) is 0 Å². The molecule has 0 heterocycles. The second-order valence-corrected chi connectivity index (χ2v) is 8.30. The lowest BCUT2D eigenvalue weighted by Crippen LogP contribution is -2.51. The van der Waals surface area contributed by atoms with E-state index in [2.05, 4.69) is 17.6 Å². The van der Waals surface area contributed by atoms with Crippen molar-refractivity contribution < 1.29 is 19.1 Å². The van der Waals surface area contributed by atoms with Crippen LogP contribution in [0.15, 0.2) is 30.3 Å². The van der Waals surface area contributed by atoms with Crippen LogP contribution in [0, 0.1) is 0 Å². The lowest BCUT2D eigenvalue weighted by molar-refractivity contribution is -0.141. The lowest BCUT2D eigenvalue weighted by atomic mass is 10.0. The summed E-state index contributed by atoms with van der Waals surface area (Å²) in [5.41, 5.74) is 0.0626. The van der Waals surface area contributed by atoms with Crippen LogP contribution in [-0.2, 0) is 14.3 Å². The fourth-order valence-corrected chi connectivity index (χ4v) is 3.05. The van der Waals surface area contributed by atoms with E-state index < -0.39 is 23.8 Å². The van der Waals surface area contributed by atoms with Gasteiger partial charge >= 0.3 is 6.09 Å². The normalized spacial score (nSPS) is 13.1. The summed E-state index contributed by atoms with van der Waals surface area (Å²) in [6, 6.07) is 7.61. The van der Waals surface area contributed by atoms with Crippen LogP contribution in [0.2, 0.25) is 0 Å². The number of carbonyl (C=O) groups is 3. The largest absolute Gasteiger partial charge is 0.444 e. The van der Waals surface area contributed by atoms with E-state index in [1.54, 1.807) is 27.7 Å². The number of benzene rings is 1. The fraction of sp³-hybridized carbons (Fsp3) is 0.609. The van der Waals surface area contributed by atoms with Crippen molar-refractivity contribution in [3.8, 4) is 0 Å². The van der Waals surface area contributed by atoms with Crippen LogP contribution in [0.3, 0.4) is 0 Å². The molecule has 0 radical (unpaired) electrons. The van der Waals surface area contributed by atoms with E-state index >= 15 is 0 Å². The predicted molar refractivity (Wildman–Crippen MR) is 118 cm³/mol. The van der Waals surface area contributed by atoms with Gasteiger partial charge in [-0.25, -0.2) is 4.79 Å². The summed E-state index contributed by atoms with van der Waals surface area (Å²) >= 11 is 0. The van der Waals surface area contributed by atoms with Crippen LogP contribution in [0.4, 0.5) is 4.79 Å². The van der Waals surface area contributed by atoms with E-state index in [0.717, 1.165) is 24.8 Å². The average molecular weight is 420 g/mol. The topological polar surface area (TPSA) is 87.7 Å². The molecular formula is C23H37N3O4. The minimum Gasteiger partial charge on any atom is -0.444 e. The molecule has 2 unspecified atom stereocenters. The van der Waals surface area contributed by atoms with Gasteiger partial charge in [0.1, 0.15) is 17.7 Å². The van der Waals surface area contributed by atoms with Crippen LogP contribution in [0.25, 0.3) is 0 Å². The van der Waals surface area contributed by atoms with Gasteiger partial charge in [-0.3, -0.25) is 9.59 Å². The Kier molecular flexibility index (Phi) is 10.4. The molecule has 0 aliphatic carbocycles. The molecule has 168 valence electrons. The molecule has 0 fully saturated rings. The molecule has 0 aromatic heterocycles. The van der Waals surface area contributed by atoms with Crippen molar-refractivity contribution in [1.82, 2.24) is 15.5 Å². The summed E-state index contributed by atoms with van der Waals surface area (Å²) in [7, 11) is 0. The first-order chi connectivity index (χ1) is 14.1. The molecule has 0 aliphatic heterocycles. The third kappa shape index (κ3) is 8.43. The Morgan fingerprint density at radius 3 is 2.23 bits per heavy atom. The Bertz CT molecular complexity index is 685. The highest BCUT2D eigenvalue weighted by Gasteiger charge is 2.33. The molecule has 2 N–H and O–H groups in total. The van der Waals surface area contributed by atoms with Gasteiger partial charge in [-0.15, -0.1) is 0 Å². The zero-order chi connectivity index (χ0) is 22.7. The van der Waals surface area contributed by atoms with Gasteiger partial charge in [-0.2, -0.15) is 0 Å². The van der Waals surface area contributed by atoms with Crippen LogP contribution >= 0.6 is 0 Å². The Morgan fingerprint density at radius 1 is 1.07 bits per heavy atom. The van der Waals surface area contributed by atoms with Crippen LogP contribution in [0.1, 0.15) is 72.4 Å². The first kappa shape index (κ1) is 25.5. The number of unbranched alkanes of at least 4 members (excludes halogenated alkanes) is 2. The number of hydrogen-bond acceptors (Lipinski definition) is 4. The zero-order valence-electron chi connectivity index (χ0n) is 19.2. The number of rotatable bonds is 10. The molecule has 1 aromatic carbocycles. The molecule has 0 aliphatic rings. The number of amides is 3. The van der Waals surface area contributed by atoms with Gasteiger partial charge in [0.2, 0.25) is 11.8 Å². The van der Waals surface area contributed by atoms with Crippen molar-refractivity contribution in [2.45, 2.75) is 78.5 Å². The summed E-state index contributed by atoms with van der Waals surface area (Å²) in [6.45, 7) is 11.7. The van der Waals surface area contributed by atoms with Gasteiger partial charge < -0.3 is 20.3 Å². The molecule has 1 aromatic rings. The Morgan fingerprint density at radius 2 is 1.70 bits per heavy atom. The van der Waals surface area contributed by atoms with Crippen molar-refractivity contribution in [2.24, 2.45) is 0 Å². The maximum absolute atomic E-state index is 13.1. The Balaban J connectivity index is 3.00. The van der Waals surface area contributed by atoms with Crippen LogP contribution < -0.4 is 10.6 Å². The van der Waals surface area contributed by atoms with Crippen LogP contribution in [-0.4, -0.2) is 47.5 Å². The van der Waals surface area contributed by atoms with E-state index in [-0.39, 0.29) is 11.8 Å². The number of carbonyl (C=O) groups excluding carboxylic acids is 3. The standard InChI is InChI=1S/C23H37N3O4/c1-7-9-13-16-24-20(27)19(18-14-11-10-12-15-18)26(8-2)21(28)17(3)25-22(29)30-23(4,5)6/h10-12,14-15,17,19H,7-9,13,16H2,1-6H3,(H,24,27)(H,25,29). The molecule has 7 nitrogen and oxygen atoms in total. The van der Waals surface area contributed by atoms with Gasteiger partial charge in [0.25, 0.3) is 0 Å². The molecule has 7 heteroatoms. The van der Waals surface area contributed by atoms with Crippen molar-refractivity contribution in [3.05, 3.63) is 35.9 Å². The molecule has 0 bridgehead atoms. The SMILES string of the molecule is CCCCCNC(=O)C(c1ccccc1)N(CC)C(=O)C(C)NC(=O)OC(C)(C)C. The maximum Gasteiger partial charge on any atom is 0.408 e. The van der Waals surface area contributed by atoms with Crippen molar-refractivity contribution in [1.29, 1.82) is 0 Å². The third-order valence-electron chi connectivity index (χ3n) is 4.48. The molecule has 3 amide bonds. The Hall–Kier alpha value is -2.57. The summed E-state index contributed by atoms with van der Waals surface area (Å²) in [5.74, 6) is -0.571. The lowest BCUT2D eigenvalue weighted by Gasteiger charge is -2.32. The second kappa shape index (κ2) is 12.2. The van der Waals surface area contributed by atoms with E-state index in [1.165, 1.54) is 4.90 Å². The number of nitrogens with zero attached hydrogens (tertiary/aromatic N) is 1. The number of nitrogens with one attached hydrogen (secondary N) is 2. The molecule has 2 atom stereocenters. The summed E-state index contributed by atoms with van der Waals surface area (Å²) in [6.07, 6.45) is 2.31. The summed E-state index contributed by atoms with van der Waals surface area (Å²) in [4.78, 5) is 39.7. The van der Waals surface area contributed by atoms with Gasteiger partial charge in [0.05, 0.1) is 0 Å². The minimum absolute atomic E-state index is 0.225. The van der Waals surface area contributed by atoms with E-state index in [1.807, 2.05) is 37.3 Å².